The summed E-state index contributed by atoms with van der Waals surface area (Å²) < 4.78 is 20.4. The van der Waals surface area contributed by atoms with Gasteiger partial charge in [-0.1, -0.05) is 0 Å². The molecule has 0 aliphatic carbocycles. The van der Waals surface area contributed by atoms with Crippen LogP contribution in [0.3, 0.4) is 0 Å². The number of rotatable bonds is 1. The largest absolute Gasteiger partial charge is 0.353 e. The van der Waals surface area contributed by atoms with Crippen LogP contribution in [0.4, 0.5) is 0 Å². The van der Waals surface area contributed by atoms with Crippen molar-refractivity contribution in [3.05, 3.63) is 0 Å². The Bertz CT molecular complexity index is 90.3. The van der Waals surface area contributed by atoms with Gasteiger partial charge >= 0.3 is 0 Å². The second-order valence-electron chi connectivity index (χ2n) is 2.39. The number of hydrogen-bond donors (Lipinski definition) is 0. The summed E-state index contributed by atoms with van der Waals surface area (Å²) in [6.45, 7) is 2.05. The molecular formula is C6H10O4. The summed E-state index contributed by atoms with van der Waals surface area (Å²) in [6.07, 6.45) is 0.171. The minimum Gasteiger partial charge on any atom is -0.353 e. The lowest BCUT2D eigenvalue weighted by Crippen LogP contribution is -2.29. The molecule has 2 fully saturated rings. The maximum Gasteiger partial charge on any atom is 0.147 e. The Balaban J connectivity index is 1.85. The van der Waals surface area contributed by atoms with Crippen LogP contribution in [0.2, 0.25) is 0 Å². The van der Waals surface area contributed by atoms with Crippen molar-refractivity contribution >= 4 is 0 Å². The number of ether oxygens (including phenoxy) is 4. The molecule has 2 heterocycles. The molecule has 58 valence electrons. The van der Waals surface area contributed by atoms with Gasteiger partial charge in [-0.15, -0.1) is 0 Å². The summed E-state index contributed by atoms with van der Waals surface area (Å²) in [5.74, 6) is 0. The van der Waals surface area contributed by atoms with Crippen molar-refractivity contribution < 1.29 is 18.9 Å². The molecular weight excluding hydrogens is 136 g/mol. The highest BCUT2D eigenvalue weighted by Crippen LogP contribution is 2.14. The molecule has 0 amide bonds. The zero-order valence-corrected chi connectivity index (χ0v) is 5.62. The molecule has 0 aromatic rings. The zero-order chi connectivity index (χ0) is 6.81. The molecule has 2 atom stereocenters. The molecule has 0 bridgehead atoms. The summed E-state index contributed by atoms with van der Waals surface area (Å²) in [4.78, 5) is 0. The predicted molar refractivity (Wildman–Crippen MR) is 31.4 cm³/mol. The van der Waals surface area contributed by atoms with Gasteiger partial charge in [-0.05, 0) is 0 Å². The molecule has 0 radical (unpaired) electrons. The molecule has 0 aromatic carbocycles. The normalized spacial score (nSPS) is 40.8. The van der Waals surface area contributed by atoms with Crippen molar-refractivity contribution in [1.82, 2.24) is 0 Å². The third kappa shape index (κ3) is 1.15. The van der Waals surface area contributed by atoms with E-state index < -0.39 is 0 Å². The van der Waals surface area contributed by atoms with Crippen molar-refractivity contribution in [1.29, 1.82) is 0 Å². The maximum atomic E-state index is 5.21. The highest BCUT2D eigenvalue weighted by atomic mass is 16.7. The Morgan fingerprint density at radius 2 is 1.30 bits per heavy atom. The van der Waals surface area contributed by atoms with Crippen LogP contribution < -0.4 is 0 Å². The molecule has 2 aliphatic rings. The first-order valence-electron chi connectivity index (χ1n) is 3.35. The first kappa shape index (κ1) is 6.54. The molecule has 4 heteroatoms. The van der Waals surface area contributed by atoms with E-state index in [0.29, 0.717) is 26.8 Å². The quantitative estimate of drug-likeness (QED) is 0.510. The SMILES string of the molecule is C1OCC([C@H]2COCO2)O1. The molecule has 4 nitrogen and oxygen atoms in total. The highest BCUT2D eigenvalue weighted by Gasteiger charge is 2.30. The van der Waals surface area contributed by atoms with Gasteiger partial charge in [0, 0.05) is 0 Å². The summed E-state index contributed by atoms with van der Waals surface area (Å²) in [5, 5.41) is 0. The lowest BCUT2D eigenvalue weighted by atomic mass is 10.2. The van der Waals surface area contributed by atoms with Gasteiger partial charge in [0.2, 0.25) is 0 Å². The van der Waals surface area contributed by atoms with Gasteiger partial charge in [-0.25, -0.2) is 0 Å². The molecule has 10 heavy (non-hydrogen) atoms. The fourth-order valence-corrected chi connectivity index (χ4v) is 1.13. The fourth-order valence-electron chi connectivity index (χ4n) is 1.13. The maximum absolute atomic E-state index is 5.21. The van der Waals surface area contributed by atoms with Crippen LogP contribution >= 0.6 is 0 Å². The Morgan fingerprint density at radius 3 is 1.60 bits per heavy atom. The predicted octanol–water partition coefficient (Wildman–Crippen LogP) is -0.268. The van der Waals surface area contributed by atoms with Crippen LogP contribution in [0, 0.1) is 0 Å². The number of hydrogen-bond acceptors (Lipinski definition) is 4. The minimum absolute atomic E-state index is 0.0856. The molecule has 2 saturated heterocycles. The highest BCUT2D eigenvalue weighted by molar-refractivity contribution is 4.73. The second kappa shape index (κ2) is 2.84. The molecule has 0 N–H and O–H groups in total. The molecule has 0 aromatic heterocycles. The Hall–Kier alpha value is -0.160. The summed E-state index contributed by atoms with van der Waals surface area (Å²) in [6, 6.07) is 0. The first-order valence-corrected chi connectivity index (χ1v) is 3.35. The van der Waals surface area contributed by atoms with Crippen LogP contribution in [0.25, 0.3) is 0 Å². The van der Waals surface area contributed by atoms with E-state index in [2.05, 4.69) is 0 Å². The van der Waals surface area contributed by atoms with E-state index in [1.165, 1.54) is 0 Å². The van der Waals surface area contributed by atoms with Gasteiger partial charge in [0.15, 0.2) is 0 Å². The standard InChI is InChI=1S/C6H10O4/c1-5(9-3-7-1)6-2-8-4-10-6/h5-6H,1-4H2/t5-,6?/m1/s1. The molecule has 0 saturated carbocycles. The summed E-state index contributed by atoms with van der Waals surface area (Å²) in [5.41, 5.74) is 0. The lowest BCUT2D eigenvalue weighted by Gasteiger charge is -2.12. The van der Waals surface area contributed by atoms with Gasteiger partial charge in [0.1, 0.15) is 25.8 Å². The van der Waals surface area contributed by atoms with Crippen molar-refractivity contribution in [2.45, 2.75) is 12.2 Å². The molecule has 2 rings (SSSR count). The van der Waals surface area contributed by atoms with E-state index in [4.69, 9.17) is 18.9 Å². The van der Waals surface area contributed by atoms with Gasteiger partial charge in [0.05, 0.1) is 13.2 Å². The average Bonchev–Trinajstić information content (AvgIpc) is 2.59. The third-order valence-electron chi connectivity index (χ3n) is 1.71. The average molecular weight is 146 g/mol. The Kier molecular flexibility index (Phi) is 1.86. The van der Waals surface area contributed by atoms with Crippen LogP contribution in [0.15, 0.2) is 0 Å². The van der Waals surface area contributed by atoms with Crippen LogP contribution in [0.5, 0.6) is 0 Å². The van der Waals surface area contributed by atoms with E-state index in [0.717, 1.165) is 0 Å². The van der Waals surface area contributed by atoms with Gasteiger partial charge in [0.25, 0.3) is 0 Å². The van der Waals surface area contributed by atoms with Crippen molar-refractivity contribution in [3.63, 3.8) is 0 Å². The van der Waals surface area contributed by atoms with E-state index in [9.17, 15) is 0 Å². The summed E-state index contributed by atoms with van der Waals surface area (Å²) >= 11 is 0. The Morgan fingerprint density at radius 1 is 0.800 bits per heavy atom. The zero-order valence-electron chi connectivity index (χ0n) is 5.62. The summed E-state index contributed by atoms with van der Waals surface area (Å²) in [7, 11) is 0. The van der Waals surface area contributed by atoms with Crippen LogP contribution in [-0.4, -0.2) is 39.0 Å². The molecule has 2 aliphatic heterocycles. The fraction of sp³-hybridized carbons (Fsp3) is 1.00. The van der Waals surface area contributed by atoms with Gasteiger partial charge in [-0.3, -0.25) is 0 Å². The van der Waals surface area contributed by atoms with Crippen LogP contribution in [-0.2, 0) is 18.9 Å². The third-order valence-corrected chi connectivity index (χ3v) is 1.71. The second-order valence-corrected chi connectivity index (χ2v) is 2.39. The van der Waals surface area contributed by atoms with Crippen molar-refractivity contribution in [2.24, 2.45) is 0 Å². The smallest absolute Gasteiger partial charge is 0.147 e. The van der Waals surface area contributed by atoms with Gasteiger partial charge < -0.3 is 18.9 Å². The van der Waals surface area contributed by atoms with Crippen molar-refractivity contribution in [2.75, 3.05) is 26.8 Å². The monoisotopic (exact) mass is 146 g/mol. The molecule has 0 spiro atoms. The Labute approximate surface area is 59.0 Å². The minimum atomic E-state index is 0.0856. The van der Waals surface area contributed by atoms with Crippen molar-refractivity contribution in [3.8, 4) is 0 Å². The van der Waals surface area contributed by atoms with E-state index >= 15 is 0 Å². The van der Waals surface area contributed by atoms with E-state index in [1.807, 2.05) is 0 Å². The lowest BCUT2D eigenvalue weighted by molar-refractivity contribution is -0.0251. The first-order chi connectivity index (χ1) is 4.97. The topological polar surface area (TPSA) is 36.9 Å². The van der Waals surface area contributed by atoms with Crippen LogP contribution in [0.1, 0.15) is 0 Å². The van der Waals surface area contributed by atoms with Gasteiger partial charge in [-0.2, -0.15) is 0 Å². The van der Waals surface area contributed by atoms with E-state index in [-0.39, 0.29) is 12.2 Å². The molecule has 1 unspecified atom stereocenters. The van der Waals surface area contributed by atoms with E-state index in [1.54, 1.807) is 0 Å².